The first-order chi connectivity index (χ1) is 4.70. The van der Waals surface area contributed by atoms with Crippen molar-refractivity contribution in [3.63, 3.8) is 0 Å². The molecular formula is C3H7N5O2. The van der Waals surface area contributed by atoms with Gasteiger partial charge in [0.2, 0.25) is 0 Å². The van der Waals surface area contributed by atoms with Crippen LogP contribution in [0.4, 0.5) is 0 Å². The van der Waals surface area contributed by atoms with Gasteiger partial charge in [-0.05, 0) is 0 Å². The first-order valence-electron chi connectivity index (χ1n) is 2.72. The Morgan fingerprint density at radius 1 is 1.80 bits per heavy atom. The van der Waals surface area contributed by atoms with Crippen molar-refractivity contribution >= 4 is 5.84 Å². The van der Waals surface area contributed by atoms with Crippen molar-refractivity contribution in [2.75, 3.05) is 6.54 Å². The Balaban J connectivity index is 2.47. The average molecular weight is 145 g/mol. The largest absolute Gasteiger partial charge is 0.287 e. The summed E-state index contributed by atoms with van der Waals surface area (Å²) in [6.07, 6.45) is 0.490. The number of nitrogens with one attached hydrogen (secondary N) is 3. The van der Waals surface area contributed by atoms with Crippen molar-refractivity contribution in [2.24, 2.45) is 0 Å². The monoisotopic (exact) mass is 145 g/mol. The summed E-state index contributed by atoms with van der Waals surface area (Å²) in [5.41, 5.74) is 4.65. The fourth-order valence-corrected chi connectivity index (χ4v) is 0.609. The molecule has 0 unspecified atom stereocenters. The zero-order valence-electron chi connectivity index (χ0n) is 5.13. The Labute approximate surface area is 56.6 Å². The van der Waals surface area contributed by atoms with Crippen molar-refractivity contribution in [1.29, 1.82) is 5.41 Å². The lowest BCUT2D eigenvalue weighted by Gasteiger charge is -2.20. The van der Waals surface area contributed by atoms with Crippen LogP contribution in [0, 0.1) is 15.5 Å². The Bertz CT molecular complexity index is 166. The highest BCUT2D eigenvalue weighted by atomic mass is 16.7. The maximum absolute atomic E-state index is 10.0. The molecule has 10 heavy (non-hydrogen) atoms. The number of rotatable bonds is 1. The second-order valence-electron chi connectivity index (χ2n) is 1.80. The summed E-state index contributed by atoms with van der Waals surface area (Å²) < 4.78 is 0. The minimum atomic E-state index is -0.659. The third-order valence-corrected chi connectivity index (χ3v) is 1.04. The molecule has 0 bridgehead atoms. The molecule has 0 radical (unpaired) electrons. The Morgan fingerprint density at radius 3 is 2.90 bits per heavy atom. The molecule has 0 aromatic heterocycles. The molecule has 0 aromatic rings. The highest BCUT2D eigenvalue weighted by molar-refractivity contribution is 5.78. The maximum Gasteiger partial charge on any atom is 0.198 e. The number of hydrogen-bond donors (Lipinski definition) is 3. The van der Waals surface area contributed by atoms with Crippen LogP contribution in [0.5, 0.6) is 0 Å². The molecule has 0 amide bonds. The summed E-state index contributed by atoms with van der Waals surface area (Å²) in [5.74, 6) is 0.149. The fourth-order valence-electron chi connectivity index (χ4n) is 0.609. The average Bonchev–Trinajstić information content (AvgIpc) is 1.88. The number of nitro groups is 1. The van der Waals surface area contributed by atoms with Crippen LogP contribution in [0.15, 0.2) is 0 Å². The third-order valence-electron chi connectivity index (χ3n) is 1.04. The first kappa shape index (κ1) is 6.75. The molecule has 0 spiro atoms. The molecule has 3 N–H and O–H groups in total. The number of hydrogen-bond acceptors (Lipinski definition) is 4. The van der Waals surface area contributed by atoms with Gasteiger partial charge in [-0.25, -0.2) is 15.5 Å². The van der Waals surface area contributed by atoms with E-state index in [9.17, 15) is 10.1 Å². The standard InChI is InChI=1S/C3H7N5O2/c4-3-1-2-5-7(6-3)8(9)10/h5H,1-2H2,(H2,4,6). The molecule has 0 atom stereocenters. The highest BCUT2D eigenvalue weighted by Crippen LogP contribution is 1.88. The van der Waals surface area contributed by atoms with Crippen molar-refractivity contribution in [3.8, 4) is 0 Å². The summed E-state index contributed by atoms with van der Waals surface area (Å²) in [5, 5.41) is 16.9. The summed E-state index contributed by atoms with van der Waals surface area (Å²) in [6.45, 7) is 0.423. The molecule has 0 saturated carbocycles. The molecule has 1 heterocycles. The normalized spacial score (nSPS) is 18.4. The highest BCUT2D eigenvalue weighted by Gasteiger charge is 2.19. The lowest BCUT2D eigenvalue weighted by Crippen LogP contribution is -2.58. The van der Waals surface area contributed by atoms with Gasteiger partial charge in [0.1, 0.15) is 5.84 Å². The van der Waals surface area contributed by atoms with Gasteiger partial charge in [-0.1, -0.05) is 0 Å². The van der Waals surface area contributed by atoms with Crippen LogP contribution in [0.3, 0.4) is 0 Å². The van der Waals surface area contributed by atoms with Gasteiger partial charge in [-0.2, -0.15) is 5.43 Å². The number of hydrazine groups is 3. The Kier molecular flexibility index (Phi) is 1.67. The van der Waals surface area contributed by atoms with Crippen LogP contribution in [0.1, 0.15) is 6.42 Å². The predicted molar refractivity (Wildman–Crippen MR) is 32.3 cm³/mol. The molecule has 0 aliphatic carbocycles. The van der Waals surface area contributed by atoms with E-state index in [1.807, 2.05) is 0 Å². The third kappa shape index (κ3) is 1.32. The zero-order chi connectivity index (χ0) is 7.56. The van der Waals surface area contributed by atoms with E-state index in [-0.39, 0.29) is 5.84 Å². The summed E-state index contributed by atoms with van der Waals surface area (Å²) in [4.78, 5) is 10.0. The van der Waals surface area contributed by atoms with Crippen LogP contribution < -0.4 is 10.9 Å². The quantitative estimate of drug-likeness (QED) is 0.320. The molecule has 0 aromatic carbocycles. The van der Waals surface area contributed by atoms with Gasteiger partial charge in [-0.3, -0.25) is 5.41 Å². The smallest absolute Gasteiger partial charge is 0.198 e. The van der Waals surface area contributed by atoms with Crippen LogP contribution in [0.2, 0.25) is 0 Å². The molecule has 56 valence electrons. The summed E-state index contributed by atoms with van der Waals surface area (Å²) >= 11 is 0. The molecule has 1 aliphatic rings. The van der Waals surface area contributed by atoms with E-state index in [4.69, 9.17) is 5.41 Å². The fraction of sp³-hybridized carbons (Fsp3) is 0.667. The second kappa shape index (κ2) is 2.48. The zero-order valence-corrected chi connectivity index (χ0v) is 5.13. The molecule has 1 fully saturated rings. The van der Waals surface area contributed by atoms with Gasteiger partial charge in [0, 0.05) is 13.0 Å². The van der Waals surface area contributed by atoms with Crippen LogP contribution >= 0.6 is 0 Å². The molecule has 1 aliphatic heterocycles. The Morgan fingerprint density at radius 2 is 2.50 bits per heavy atom. The van der Waals surface area contributed by atoms with Gasteiger partial charge >= 0.3 is 0 Å². The van der Waals surface area contributed by atoms with Crippen molar-refractivity contribution in [1.82, 2.24) is 16.1 Å². The molecule has 1 rings (SSSR count). The molecular weight excluding hydrogens is 138 g/mol. The van der Waals surface area contributed by atoms with Gasteiger partial charge in [0.15, 0.2) is 5.03 Å². The van der Waals surface area contributed by atoms with E-state index in [1.165, 1.54) is 0 Å². The molecule has 7 nitrogen and oxygen atoms in total. The van der Waals surface area contributed by atoms with Crippen LogP contribution in [-0.2, 0) is 0 Å². The second-order valence-corrected chi connectivity index (χ2v) is 1.80. The van der Waals surface area contributed by atoms with E-state index in [0.717, 1.165) is 0 Å². The van der Waals surface area contributed by atoms with Gasteiger partial charge < -0.3 is 0 Å². The van der Waals surface area contributed by atoms with Gasteiger partial charge in [0.25, 0.3) is 0 Å². The minimum Gasteiger partial charge on any atom is -0.287 e. The van der Waals surface area contributed by atoms with E-state index >= 15 is 0 Å². The van der Waals surface area contributed by atoms with Crippen molar-refractivity contribution in [3.05, 3.63) is 10.1 Å². The van der Waals surface area contributed by atoms with E-state index in [0.29, 0.717) is 18.2 Å². The number of amidine groups is 1. The maximum atomic E-state index is 10.0. The van der Waals surface area contributed by atoms with E-state index in [2.05, 4.69) is 10.9 Å². The SMILES string of the molecule is N=C1CCNN([N+](=O)[O-])N1. The summed E-state index contributed by atoms with van der Waals surface area (Å²) in [6, 6.07) is 0. The molecule has 7 heteroatoms. The van der Waals surface area contributed by atoms with Crippen LogP contribution in [-0.4, -0.2) is 22.6 Å². The topological polar surface area (TPSA) is 94.3 Å². The van der Waals surface area contributed by atoms with Crippen LogP contribution in [0.25, 0.3) is 0 Å². The lowest BCUT2D eigenvalue weighted by molar-refractivity contribution is -0.682. The predicted octanol–water partition coefficient (Wildman–Crippen LogP) is -1.13. The van der Waals surface area contributed by atoms with Gasteiger partial charge in [0.05, 0.1) is 5.23 Å². The minimum absolute atomic E-state index is 0.149. The van der Waals surface area contributed by atoms with E-state index < -0.39 is 5.03 Å². The summed E-state index contributed by atoms with van der Waals surface area (Å²) in [7, 11) is 0. The van der Waals surface area contributed by atoms with Gasteiger partial charge in [-0.15, -0.1) is 0 Å². The lowest BCUT2D eigenvalue weighted by atomic mass is 10.4. The van der Waals surface area contributed by atoms with Crippen molar-refractivity contribution < 1.29 is 5.03 Å². The van der Waals surface area contributed by atoms with Crippen molar-refractivity contribution in [2.45, 2.75) is 6.42 Å². The van der Waals surface area contributed by atoms with E-state index in [1.54, 1.807) is 0 Å². The number of nitrogens with zero attached hydrogens (tertiary/aromatic N) is 2. The Hall–Kier alpha value is -1.37. The molecule has 1 saturated heterocycles. The first-order valence-corrected chi connectivity index (χ1v) is 2.72.